The summed E-state index contributed by atoms with van der Waals surface area (Å²) < 4.78 is 50.4. The Morgan fingerprint density at radius 1 is 1.30 bits per heavy atom. The van der Waals surface area contributed by atoms with Crippen molar-refractivity contribution >= 4 is 21.9 Å². The number of nitrogens with one attached hydrogen (secondary N) is 1. The molecule has 0 bridgehead atoms. The van der Waals surface area contributed by atoms with Gasteiger partial charge in [0, 0.05) is 19.6 Å². The summed E-state index contributed by atoms with van der Waals surface area (Å²) in [5, 5.41) is 2.56. The Labute approximate surface area is 157 Å². The summed E-state index contributed by atoms with van der Waals surface area (Å²) in [6.45, 7) is 4.53. The third-order valence-corrected chi connectivity index (χ3v) is 5.70. The Bertz CT molecular complexity index is 791. The van der Waals surface area contributed by atoms with Gasteiger partial charge in [-0.05, 0) is 24.1 Å². The first-order valence-electron chi connectivity index (χ1n) is 8.53. The quantitative estimate of drug-likeness (QED) is 0.676. The van der Waals surface area contributed by atoms with Crippen molar-refractivity contribution in [2.24, 2.45) is 5.92 Å². The zero-order valence-corrected chi connectivity index (χ0v) is 16.1. The predicted octanol–water partition coefficient (Wildman–Crippen LogP) is 0.776. The molecular formula is C17H23FN2O6S. The minimum Gasteiger partial charge on any atom is -0.452 e. The van der Waals surface area contributed by atoms with Gasteiger partial charge in [0.2, 0.25) is 10.0 Å². The first-order chi connectivity index (χ1) is 12.7. The Balaban J connectivity index is 2.10. The predicted molar refractivity (Wildman–Crippen MR) is 94.1 cm³/mol. The minimum absolute atomic E-state index is 0.176. The molecule has 1 aliphatic heterocycles. The van der Waals surface area contributed by atoms with E-state index in [9.17, 15) is 22.4 Å². The summed E-state index contributed by atoms with van der Waals surface area (Å²) in [4.78, 5) is 23.5. The highest BCUT2D eigenvalue weighted by molar-refractivity contribution is 7.89. The van der Waals surface area contributed by atoms with Gasteiger partial charge >= 0.3 is 5.97 Å². The molecular weight excluding hydrogens is 379 g/mol. The summed E-state index contributed by atoms with van der Waals surface area (Å²) in [5.41, 5.74) is -0.541. The number of carbonyl (C=O) groups is 2. The summed E-state index contributed by atoms with van der Waals surface area (Å²) in [5.74, 6) is -2.33. The number of hydrogen-bond donors (Lipinski definition) is 1. The van der Waals surface area contributed by atoms with Gasteiger partial charge in [0.25, 0.3) is 5.91 Å². The van der Waals surface area contributed by atoms with Crippen LogP contribution >= 0.6 is 0 Å². The summed E-state index contributed by atoms with van der Waals surface area (Å²) in [6.07, 6.45) is 0. The highest BCUT2D eigenvalue weighted by atomic mass is 32.2. The maximum atomic E-state index is 14.0. The molecule has 1 fully saturated rings. The van der Waals surface area contributed by atoms with Crippen LogP contribution in [0.1, 0.15) is 24.2 Å². The largest absolute Gasteiger partial charge is 0.452 e. The van der Waals surface area contributed by atoms with Gasteiger partial charge in [-0.15, -0.1) is 0 Å². The minimum atomic E-state index is -3.88. The van der Waals surface area contributed by atoms with Gasteiger partial charge in [-0.25, -0.2) is 17.6 Å². The second kappa shape index (κ2) is 9.25. The molecule has 1 heterocycles. The van der Waals surface area contributed by atoms with Crippen molar-refractivity contribution < 1.29 is 31.9 Å². The lowest BCUT2D eigenvalue weighted by molar-refractivity contribution is -0.124. The zero-order valence-electron chi connectivity index (χ0n) is 15.2. The Hall–Kier alpha value is -2.04. The first kappa shape index (κ1) is 21.3. The van der Waals surface area contributed by atoms with Crippen LogP contribution in [0.5, 0.6) is 0 Å². The number of ether oxygens (including phenoxy) is 2. The molecule has 0 unspecified atom stereocenters. The average Bonchev–Trinajstić information content (AvgIpc) is 2.65. The first-order valence-corrected chi connectivity index (χ1v) is 9.97. The molecule has 10 heteroatoms. The molecule has 1 N–H and O–H groups in total. The van der Waals surface area contributed by atoms with Gasteiger partial charge in [0.05, 0.1) is 23.7 Å². The van der Waals surface area contributed by atoms with E-state index in [1.807, 2.05) is 13.8 Å². The van der Waals surface area contributed by atoms with Crippen LogP contribution in [0, 0.1) is 11.7 Å². The fourth-order valence-corrected chi connectivity index (χ4v) is 3.77. The third-order valence-electron chi connectivity index (χ3n) is 3.81. The number of nitrogens with zero attached hydrogens (tertiary/aromatic N) is 1. The number of hydrogen-bond acceptors (Lipinski definition) is 6. The molecule has 27 heavy (non-hydrogen) atoms. The Morgan fingerprint density at radius 2 is 1.96 bits per heavy atom. The van der Waals surface area contributed by atoms with Crippen LogP contribution in [0.2, 0.25) is 0 Å². The molecule has 1 amide bonds. The fourth-order valence-electron chi connectivity index (χ4n) is 2.34. The van der Waals surface area contributed by atoms with Gasteiger partial charge in [0.1, 0.15) is 5.82 Å². The van der Waals surface area contributed by atoms with Crippen LogP contribution in [0.25, 0.3) is 0 Å². The van der Waals surface area contributed by atoms with Crippen molar-refractivity contribution in [3.05, 3.63) is 29.6 Å². The highest BCUT2D eigenvalue weighted by Gasteiger charge is 2.28. The molecule has 2 rings (SSSR count). The van der Waals surface area contributed by atoms with Gasteiger partial charge in [-0.2, -0.15) is 4.31 Å². The van der Waals surface area contributed by atoms with Crippen LogP contribution in [-0.4, -0.2) is 64.1 Å². The van der Waals surface area contributed by atoms with Crippen molar-refractivity contribution in [2.45, 2.75) is 18.7 Å². The molecule has 0 aliphatic carbocycles. The fraction of sp³-hybridized carbons (Fsp3) is 0.529. The molecule has 1 aromatic rings. The van der Waals surface area contributed by atoms with Crippen molar-refractivity contribution in [3.8, 4) is 0 Å². The second-order valence-corrected chi connectivity index (χ2v) is 8.37. The van der Waals surface area contributed by atoms with Gasteiger partial charge in [0.15, 0.2) is 6.61 Å². The van der Waals surface area contributed by atoms with Crippen LogP contribution in [-0.2, 0) is 24.3 Å². The molecule has 1 saturated heterocycles. The van der Waals surface area contributed by atoms with E-state index >= 15 is 0 Å². The third kappa shape index (κ3) is 5.72. The monoisotopic (exact) mass is 402 g/mol. The highest BCUT2D eigenvalue weighted by Crippen LogP contribution is 2.20. The van der Waals surface area contributed by atoms with Crippen molar-refractivity contribution in [2.75, 3.05) is 39.5 Å². The van der Waals surface area contributed by atoms with E-state index < -0.39 is 39.9 Å². The molecule has 0 spiro atoms. The lowest BCUT2D eigenvalue weighted by Crippen LogP contribution is -2.40. The smallest absolute Gasteiger partial charge is 0.341 e. The van der Waals surface area contributed by atoms with Gasteiger partial charge in [-0.3, -0.25) is 4.79 Å². The number of carbonyl (C=O) groups excluding carboxylic acids is 2. The van der Waals surface area contributed by atoms with E-state index in [1.165, 1.54) is 4.31 Å². The van der Waals surface area contributed by atoms with Gasteiger partial charge < -0.3 is 14.8 Å². The number of esters is 1. The van der Waals surface area contributed by atoms with E-state index in [-0.39, 0.29) is 37.1 Å². The lowest BCUT2D eigenvalue weighted by atomic mass is 10.2. The maximum Gasteiger partial charge on any atom is 0.341 e. The lowest BCUT2D eigenvalue weighted by Gasteiger charge is -2.26. The molecule has 0 saturated carbocycles. The SMILES string of the molecule is CC(C)CNC(=O)COC(=O)c1cc(S(=O)(=O)N2CCOCC2)ccc1F. The number of benzene rings is 1. The van der Waals surface area contributed by atoms with Crippen molar-refractivity contribution in [1.29, 1.82) is 0 Å². The van der Waals surface area contributed by atoms with Crippen molar-refractivity contribution in [3.63, 3.8) is 0 Å². The van der Waals surface area contributed by atoms with E-state index in [0.29, 0.717) is 6.54 Å². The summed E-state index contributed by atoms with van der Waals surface area (Å²) in [7, 11) is -3.88. The second-order valence-electron chi connectivity index (χ2n) is 6.43. The molecule has 0 atom stereocenters. The molecule has 0 radical (unpaired) electrons. The van der Waals surface area contributed by atoms with E-state index in [0.717, 1.165) is 18.2 Å². The van der Waals surface area contributed by atoms with Crippen LogP contribution in [0.4, 0.5) is 4.39 Å². The number of rotatable bonds is 7. The van der Waals surface area contributed by atoms with Gasteiger partial charge in [-0.1, -0.05) is 13.8 Å². The number of halogens is 1. The average molecular weight is 402 g/mol. The number of sulfonamides is 1. The molecule has 1 aliphatic rings. The van der Waals surface area contributed by atoms with E-state index in [2.05, 4.69) is 5.32 Å². The molecule has 150 valence electrons. The van der Waals surface area contributed by atoms with Crippen LogP contribution < -0.4 is 5.32 Å². The Morgan fingerprint density at radius 3 is 2.59 bits per heavy atom. The molecule has 1 aromatic carbocycles. The topological polar surface area (TPSA) is 102 Å². The van der Waals surface area contributed by atoms with E-state index in [4.69, 9.17) is 9.47 Å². The van der Waals surface area contributed by atoms with Crippen LogP contribution in [0.3, 0.4) is 0 Å². The number of morpholine rings is 1. The Kier molecular flexibility index (Phi) is 7.28. The van der Waals surface area contributed by atoms with Crippen molar-refractivity contribution in [1.82, 2.24) is 9.62 Å². The van der Waals surface area contributed by atoms with E-state index in [1.54, 1.807) is 0 Å². The normalized spacial score (nSPS) is 15.6. The summed E-state index contributed by atoms with van der Waals surface area (Å²) >= 11 is 0. The standard InChI is InChI=1S/C17H23FN2O6S/c1-12(2)10-19-16(21)11-26-17(22)14-9-13(3-4-15(14)18)27(23,24)20-5-7-25-8-6-20/h3-4,9,12H,5-8,10-11H2,1-2H3,(H,19,21). The summed E-state index contributed by atoms with van der Waals surface area (Å²) in [6, 6.07) is 2.91. The van der Waals surface area contributed by atoms with Crippen LogP contribution in [0.15, 0.2) is 23.1 Å². The number of amides is 1. The molecule has 0 aromatic heterocycles. The maximum absolute atomic E-state index is 14.0. The zero-order chi connectivity index (χ0) is 20.0. The molecule has 8 nitrogen and oxygen atoms in total.